The molecule has 1 N–H and O–H groups in total. The first-order chi connectivity index (χ1) is 6.91. The summed E-state index contributed by atoms with van der Waals surface area (Å²) >= 11 is 22.5. The molecule has 0 saturated heterocycles. The molecule has 0 aromatic heterocycles. The van der Waals surface area contributed by atoms with E-state index in [0.29, 0.717) is 0 Å². The molecule has 82 valence electrons. The fourth-order valence-electron chi connectivity index (χ4n) is 0.780. The summed E-state index contributed by atoms with van der Waals surface area (Å²) in [6, 6.07) is 2.73. The van der Waals surface area contributed by atoms with Gasteiger partial charge >= 0.3 is 5.97 Å². The van der Waals surface area contributed by atoms with Gasteiger partial charge in [0, 0.05) is 11.1 Å². The Labute approximate surface area is 105 Å². The third-order valence-corrected chi connectivity index (χ3v) is 2.66. The van der Waals surface area contributed by atoms with Crippen LogP contribution >= 0.6 is 46.4 Å². The number of ether oxygens (including phenoxy) is 1. The quantitative estimate of drug-likeness (QED) is 0.682. The Balaban J connectivity index is 2.99. The van der Waals surface area contributed by atoms with Crippen molar-refractivity contribution in [2.75, 3.05) is 0 Å². The number of alkyl halides is 1. The third-order valence-electron chi connectivity index (χ3n) is 1.38. The predicted molar refractivity (Wildman–Crippen MR) is 59.4 cm³/mol. The van der Waals surface area contributed by atoms with Crippen molar-refractivity contribution in [3.63, 3.8) is 0 Å². The van der Waals surface area contributed by atoms with Crippen LogP contribution in [0.2, 0.25) is 15.1 Å². The Morgan fingerprint density at radius 1 is 1.33 bits per heavy atom. The van der Waals surface area contributed by atoms with Crippen LogP contribution < -0.4 is 4.74 Å². The zero-order valence-corrected chi connectivity index (χ0v) is 10.0. The number of hydrogen-bond donors (Lipinski definition) is 1. The van der Waals surface area contributed by atoms with Gasteiger partial charge in [-0.1, -0.05) is 46.4 Å². The maximum Gasteiger partial charge on any atom is 0.360 e. The lowest BCUT2D eigenvalue weighted by Gasteiger charge is -2.11. The summed E-state index contributed by atoms with van der Waals surface area (Å²) in [6.07, 6.45) is 0. The van der Waals surface area contributed by atoms with E-state index < -0.39 is 11.5 Å². The van der Waals surface area contributed by atoms with E-state index in [2.05, 4.69) is 0 Å². The summed E-state index contributed by atoms with van der Waals surface area (Å²) in [5.41, 5.74) is -1.54. The van der Waals surface area contributed by atoms with Crippen molar-refractivity contribution in [1.82, 2.24) is 0 Å². The Morgan fingerprint density at radius 3 is 2.47 bits per heavy atom. The van der Waals surface area contributed by atoms with E-state index in [-0.39, 0.29) is 20.8 Å². The van der Waals surface area contributed by atoms with Crippen molar-refractivity contribution in [1.29, 1.82) is 0 Å². The number of aliphatic carboxylic acids is 1. The predicted octanol–water partition coefficient (Wildman–Crippen LogP) is 3.68. The first-order valence-electron chi connectivity index (χ1n) is 3.60. The van der Waals surface area contributed by atoms with Gasteiger partial charge in [0.15, 0.2) is 0 Å². The van der Waals surface area contributed by atoms with E-state index in [1.54, 1.807) is 0 Å². The summed E-state index contributed by atoms with van der Waals surface area (Å²) in [5.74, 6) is -1.31. The molecule has 0 aliphatic rings. The summed E-state index contributed by atoms with van der Waals surface area (Å²) < 4.78 is 4.83. The van der Waals surface area contributed by atoms with Crippen LogP contribution in [0.25, 0.3) is 0 Å². The number of hydrogen-bond acceptors (Lipinski definition) is 2. The second-order valence-electron chi connectivity index (χ2n) is 2.47. The molecule has 7 heteroatoms. The fraction of sp³-hybridized carbons (Fsp3) is 0.125. The highest BCUT2D eigenvalue weighted by Crippen LogP contribution is 2.35. The molecule has 0 bridgehead atoms. The van der Waals surface area contributed by atoms with Crippen molar-refractivity contribution >= 4 is 52.4 Å². The van der Waals surface area contributed by atoms with Gasteiger partial charge in [0.05, 0.1) is 5.02 Å². The lowest BCUT2D eigenvalue weighted by atomic mass is 10.3. The second kappa shape index (κ2) is 5.12. The first-order valence-corrected chi connectivity index (χ1v) is 5.17. The number of carboxylic acid groups (broad SMARTS) is 1. The molecule has 1 aromatic rings. The zero-order valence-electron chi connectivity index (χ0n) is 7.01. The molecule has 0 fully saturated rings. The van der Waals surface area contributed by atoms with E-state index in [1.165, 1.54) is 12.1 Å². The molecular formula is C8H4Cl4O3. The minimum absolute atomic E-state index is 0.0246. The summed E-state index contributed by atoms with van der Waals surface area (Å²) in [5, 5.41) is 9.00. The average molecular weight is 290 g/mol. The van der Waals surface area contributed by atoms with Crippen LogP contribution in [0.15, 0.2) is 12.1 Å². The minimum Gasteiger partial charge on any atom is -0.478 e. The van der Waals surface area contributed by atoms with Crippen molar-refractivity contribution in [2.45, 2.75) is 5.56 Å². The molecule has 1 atom stereocenters. The SMILES string of the molecule is O=C(O)C(Cl)Oc1cc(Cl)cc(Cl)c1Cl. The van der Waals surface area contributed by atoms with E-state index in [0.717, 1.165) is 0 Å². The summed E-state index contributed by atoms with van der Waals surface area (Å²) in [4.78, 5) is 10.4. The standard InChI is InChI=1S/C8H4Cl4O3/c9-3-1-4(10)6(11)5(2-3)15-7(12)8(13)14/h1-2,7H,(H,13,14). The Hall–Kier alpha value is -0.350. The Morgan fingerprint density at radius 2 is 1.93 bits per heavy atom. The van der Waals surface area contributed by atoms with Crippen LogP contribution in [0.1, 0.15) is 0 Å². The topological polar surface area (TPSA) is 46.5 Å². The van der Waals surface area contributed by atoms with Gasteiger partial charge in [-0.2, -0.15) is 0 Å². The van der Waals surface area contributed by atoms with Crippen LogP contribution in [0.3, 0.4) is 0 Å². The van der Waals surface area contributed by atoms with Crippen LogP contribution in [-0.4, -0.2) is 16.6 Å². The maximum absolute atomic E-state index is 10.4. The van der Waals surface area contributed by atoms with Crippen molar-refractivity contribution in [3.8, 4) is 5.75 Å². The maximum atomic E-state index is 10.4. The van der Waals surface area contributed by atoms with Crippen molar-refractivity contribution in [2.24, 2.45) is 0 Å². The Bertz CT molecular complexity index is 394. The summed E-state index contributed by atoms with van der Waals surface area (Å²) in [6.45, 7) is 0. The molecule has 3 nitrogen and oxygen atoms in total. The lowest BCUT2D eigenvalue weighted by Crippen LogP contribution is -2.20. The lowest BCUT2D eigenvalue weighted by molar-refractivity contribution is -0.141. The molecule has 15 heavy (non-hydrogen) atoms. The van der Waals surface area contributed by atoms with Crippen molar-refractivity contribution in [3.05, 3.63) is 27.2 Å². The molecule has 0 spiro atoms. The fourth-order valence-corrected chi connectivity index (χ4v) is 1.50. The molecule has 0 aliphatic carbocycles. The average Bonchev–Trinajstić information content (AvgIpc) is 2.13. The minimum atomic E-state index is -1.54. The van der Waals surface area contributed by atoms with Crippen LogP contribution in [-0.2, 0) is 4.79 Å². The third kappa shape index (κ3) is 3.31. The molecule has 0 aliphatic heterocycles. The largest absolute Gasteiger partial charge is 0.478 e. The van der Waals surface area contributed by atoms with Gasteiger partial charge in [0.2, 0.25) is 0 Å². The van der Waals surface area contributed by atoms with E-state index in [1.807, 2.05) is 0 Å². The number of rotatable bonds is 3. The van der Waals surface area contributed by atoms with Gasteiger partial charge in [-0.15, -0.1) is 0 Å². The number of halogens is 4. The first kappa shape index (κ1) is 12.7. The molecule has 0 radical (unpaired) electrons. The van der Waals surface area contributed by atoms with Crippen molar-refractivity contribution < 1.29 is 14.6 Å². The van der Waals surface area contributed by atoms with Crippen LogP contribution in [0.5, 0.6) is 5.75 Å². The normalized spacial score (nSPS) is 12.3. The van der Waals surface area contributed by atoms with E-state index in [4.69, 9.17) is 56.2 Å². The van der Waals surface area contributed by atoms with Crippen LogP contribution in [0.4, 0.5) is 0 Å². The molecular weight excluding hydrogens is 286 g/mol. The van der Waals surface area contributed by atoms with E-state index >= 15 is 0 Å². The number of carboxylic acids is 1. The molecule has 1 aromatic carbocycles. The summed E-state index contributed by atoms with van der Waals surface area (Å²) in [7, 11) is 0. The molecule has 0 saturated carbocycles. The smallest absolute Gasteiger partial charge is 0.360 e. The van der Waals surface area contributed by atoms with Gasteiger partial charge in [-0.3, -0.25) is 0 Å². The van der Waals surface area contributed by atoms with Gasteiger partial charge in [0.25, 0.3) is 5.56 Å². The van der Waals surface area contributed by atoms with Gasteiger partial charge in [-0.05, 0) is 6.07 Å². The number of benzene rings is 1. The van der Waals surface area contributed by atoms with E-state index in [9.17, 15) is 4.79 Å². The second-order valence-corrected chi connectivity index (χ2v) is 4.09. The highest BCUT2D eigenvalue weighted by Gasteiger charge is 2.18. The van der Waals surface area contributed by atoms with Gasteiger partial charge in [-0.25, -0.2) is 4.79 Å². The highest BCUT2D eigenvalue weighted by atomic mass is 35.5. The highest BCUT2D eigenvalue weighted by molar-refractivity contribution is 6.44. The Kier molecular flexibility index (Phi) is 4.34. The van der Waals surface area contributed by atoms with Gasteiger partial charge < -0.3 is 9.84 Å². The molecule has 1 rings (SSSR count). The van der Waals surface area contributed by atoms with Crippen LogP contribution in [0, 0.1) is 0 Å². The molecule has 0 amide bonds. The zero-order chi connectivity index (χ0) is 11.6. The molecule has 1 unspecified atom stereocenters. The monoisotopic (exact) mass is 288 g/mol. The number of carbonyl (C=O) groups is 1. The van der Waals surface area contributed by atoms with Gasteiger partial charge in [0.1, 0.15) is 10.8 Å². The molecule has 0 heterocycles.